The quantitative estimate of drug-likeness (QED) is 0.826. The van der Waals surface area contributed by atoms with Gasteiger partial charge in [-0.15, -0.1) is 0 Å². The molecule has 0 aliphatic rings. The number of alkyl halides is 3. The number of benzene rings is 2. The Bertz CT molecular complexity index is 682. The Morgan fingerprint density at radius 3 is 2.16 bits per heavy atom. The molecule has 0 aliphatic heterocycles. The average molecular weight is 353 g/mol. The fourth-order valence-corrected chi connectivity index (χ4v) is 2.07. The summed E-state index contributed by atoms with van der Waals surface area (Å²) in [7, 11) is 1.60. The molecule has 1 amide bonds. The fourth-order valence-electron chi connectivity index (χ4n) is 2.07. The van der Waals surface area contributed by atoms with E-state index >= 15 is 0 Å². The van der Waals surface area contributed by atoms with Crippen molar-refractivity contribution in [1.82, 2.24) is 5.32 Å². The minimum absolute atomic E-state index is 0.126. The topological polar surface area (TPSA) is 47.6 Å². The maximum Gasteiger partial charge on any atom is 0.422 e. The molecule has 2 rings (SSSR count). The van der Waals surface area contributed by atoms with Crippen molar-refractivity contribution in [2.75, 3.05) is 13.7 Å². The summed E-state index contributed by atoms with van der Waals surface area (Å²) in [6.45, 7) is -0.592. The Kier molecular flexibility index (Phi) is 6.41. The van der Waals surface area contributed by atoms with Crippen LogP contribution in [0.5, 0.6) is 5.75 Å². The second kappa shape index (κ2) is 8.53. The predicted octanol–water partition coefficient (Wildman–Crippen LogP) is 3.70. The van der Waals surface area contributed by atoms with Crippen LogP contribution in [0.3, 0.4) is 0 Å². The van der Waals surface area contributed by atoms with Crippen molar-refractivity contribution < 1.29 is 27.4 Å². The van der Waals surface area contributed by atoms with Crippen molar-refractivity contribution in [2.45, 2.75) is 19.3 Å². The maximum absolute atomic E-state index is 12.1. The minimum Gasteiger partial charge on any atom is -0.484 e. The molecule has 1 N–H and O–H groups in total. The summed E-state index contributed by atoms with van der Waals surface area (Å²) in [6, 6.07) is 13.1. The van der Waals surface area contributed by atoms with Gasteiger partial charge in [0.15, 0.2) is 6.61 Å². The van der Waals surface area contributed by atoms with E-state index in [-0.39, 0.29) is 18.2 Å². The number of nitrogens with one attached hydrogen (secondary N) is 1. The Labute approximate surface area is 143 Å². The zero-order chi connectivity index (χ0) is 18.3. The third-order valence-corrected chi connectivity index (χ3v) is 3.31. The summed E-state index contributed by atoms with van der Waals surface area (Å²) < 4.78 is 45.9. The van der Waals surface area contributed by atoms with Crippen LogP contribution in [0.4, 0.5) is 13.2 Å². The van der Waals surface area contributed by atoms with E-state index in [1.807, 2.05) is 12.1 Å². The lowest BCUT2D eigenvalue weighted by Crippen LogP contribution is -2.22. The standard InChI is InChI=1S/C18H18F3NO3/c1-24-11-14-2-6-15(7-3-14)17(23)22-10-13-4-8-16(9-5-13)25-12-18(19,20)21/h2-9H,10-12H2,1H3,(H,22,23). The molecule has 0 aromatic heterocycles. The molecule has 0 aliphatic carbocycles. The minimum atomic E-state index is -4.37. The zero-order valence-electron chi connectivity index (χ0n) is 13.6. The van der Waals surface area contributed by atoms with Gasteiger partial charge < -0.3 is 14.8 Å². The van der Waals surface area contributed by atoms with Crippen LogP contribution >= 0.6 is 0 Å². The first-order chi connectivity index (χ1) is 11.9. The Balaban J connectivity index is 1.85. The largest absolute Gasteiger partial charge is 0.484 e. The lowest BCUT2D eigenvalue weighted by molar-refractivity contribution is -0.153. The van der Waals surface area contributed by atoms with Crippen LogP contribution < -0.4 is 10.1 Å². The summed E-state index contributed by atoms with van der Waals surface area (Å²) in [5, 5.41) is 2.75. The smallest absolute Gasteiger partial charge is 0.422 e. The SMILES string of the molecule is COCc1ccc(C(=O)NCc2ccc(OCC(F)(F)F)cc2)cc1. The summed E-state index contributed by atoms with van der Waals surface area (Å²) >= 11 is 0. The van der Waals surface area contributed by atoms with E-state index in [4.69, 9.17) is 4.74 Å². The number of amides is 1. The van der Waals surface area contributed by atoms with E-state index in [1.165, 1.54) is 12.1 Å². The van der Waals surface area contributed by atoms with Crippen molar-refractivity contribution in [1.29, 1.82) is 0 Å². The molecule has 0 radical (unpaired) electrons. The highest BCUT2D eigenvalue weighted by atomic mass is 19.4. The van der Waals surface area contributed by atoms with E-state index in [2.05, 4.69) is 10.1 Å². The highest BCUT2D eigenvalue weighted by molar-refractivity contribution is 5.94. The molecule has 0 heterocycles. The van der Waals surface area contributed by atoms with Crippen molar-refractivity contribution in [2.24, 2.45) is 0 Å². The van der Waals surface area contributed by atoms with Gasteiger partial charge in [0.1, 0.15) is 5.75 Å². The van der Waals surface area contributed by atoms with E-state index in [0.29, 0.717) is 12.2 Å². The second-order valence-corrected chi connectivity index (χ2v) is 5.36. The van der Waals surface area contributed by atoms with Crippen molar-refractivity contribution >= 4 is 5.91 Å². The van der Waals surface area contributed by atoms with Gasteiger partial charge in [0, 0.05) is 19.2 Å². The summed E-state index contributed by atoms with van der Waals surface area (Å²) in [5.41, 5.74) is 2.24. The Morgan fingerprint density at radius 2 is 1.60 bits per heavy atom. The third kappa shape index (κ3) is 6.46. The van der Waals surface area contributed by atoms with Gasteiger partial charge in [-0.3, -0.25) is 4.79 Å². The summed E-state index contributed by atoms with van der Waals surface area (Å²) in [4.78, 5) is 12.1. The number of hydrogen-bond donors (Lipinski definition) is 1. The summed E-state index contributed by atoms with van der Waals surface area (Å²) in [5.74, 6) is -0.109. The van der Waals surface area contributed by atoms with Crippen LogP contribution in [0.1, 0.15) is 21.5 Å². The van der Waals surface area contributed by atoms with Gasteiger partial charge in [-0.2, -0.15) is 13.2 Å². The highest BCUT2D eigenvalue weighted by Crippen LogP contribution is 2.18. The van der Waals surface area contributed by atoms with Gasteiger partial charge in [-0.05, 0) is 35.4 Å². The van der Waals surface area contributed by atoms with Crippen LogP contribution in [0.25, 0.3) is 0 Å². The van der Waals surface area contributed by atoms with Crippen LogP contribution in [0.15, 0.2) is 48.5 Å². The molecule has 0 spiro atoms. The number of rotatable bonds is 7. The molecule has 2 aromatic rings. The molecule has 25 heavy (non-hydrogen) atoms. The number of ether oxygens (including phenoxy) is 2. The van der Waals surface area contributed by atoms with E-state index in [1.54, 1.807) is 31.4 Å². The predicted molar refractivity (Wildman–Crippen MR) is 86.3 cm³/mol. The molecule has 0 unspecified atom stereocenters. The first-order valence-corrected chi connectivity index (χ1v) is 7.52. The van der Waals surface area contributed by atoms with Crippen LogP contribution in [-0.2, 0) is 17.9 Å². The molecule has 0 saturated heterocycles. The molecule has 2 aromatic carbocycles. The van der Waals surface area contributed by atoms with Gasteiger partial charge >= 0.3 is 6.18 Å². The van der Waals surface area contributed by atoms with Crippen LogP contribution in [-0.4, -0.2) is 25.8 Å². The molecular weight excluding hydrogens is 335 g/mol. The third-order valence-electron chi connectivity index (χ3n) is 3.31. The van der Waals surface area contributed by atoms with Gasteiger partial charge in [-0.25, -0.2) is 0 Å². The number of carbonyl (C=O) groups is 1. The number of halogens is 3. The van der Waals surface area contributed by atoms with Gasteiger partial charge in [0.25, 0.3) is 5.91 Å². The second-order valence-electron chi connectivity index (χ2n) is 5.36. The lowest BCUT2D eigenvalue weighted by atomic mass is 10.1. The van der Waals surface area contributed by atoms with Crippen molar-refractivity contribution in [3.05, 3.63) is 65.2 Å². The molecular formula is C18H18F3NO3. The average Bonchev–Trinajstić information content (AvgIpc) is 2.59. The summed E-state index contributed by atoms with van der Waals surface area (Å²) in [6.07, 6.45) is -4.37. The monoisotopic (exact) mass is 353 g/mol. The number of methoxy groups -OCH3 is 1. The highest BCUT2D eigenvalue weighted by Gasteiger charge is 2.28. The van der Waals surface area contributed by atoms with E-state index in [0.717, 1.165) is 11.1 Å². The molecule has 0 fully saturated rings. The van der Waals surface area contributed by atoms with Crippen molar-refractivity contribution in [3.8, 4) is 5.75 Å². The first-order valence-electron chi connectivity index (χ1n) is 7.52. The zero-order valence-corrected chi connectivity index (χ0v) is 13.6. The fraction of sp³-hybridized carbons (Fsp3) is 0.278. The lowest BCUT2D eigenvalue weighted by Gasteiger charge is -2.10. The molecule has 134 valence electrons. The Morgan fingerprint density at radius 1 is 1.00 bits per heavy atom. The normalized spacial score (nSPS) is 11.2. The van der Waals surface area contributed by atoms with Gasteiger partial charge in [-0.1, -0.05) is 24.3 Å². The van der Waals surface area contributed by atoms with Crippen LogP contribution in [0.2, 0.25) is 0 Å². The number of hydrogen-bond acceptors (Lipinski definition) is 3. The van der Waals surface area contributed by atoms with Crippen molar-refractivity contribution in [3.63, 3.8) is 0 Å². The maximum atomic E-state index is 12.1. The number of carbonyl (C=O) groups excluding carboxylic acids is 1. The molecule has 4 nitrogen and oxygen atoms in total. The van der Waals surface area contributed by atoms with E-state index in [9.17, 15) is 18.0 Å². The Hall–Kier alpha value is -2.54. The molecule has 0 bridgehead atoms. The first kappa shape index (κ1) is 18.8. The molecule has 0 saturated carbocycles. The molecule has 7 heteroatoms. The van der Waals surface area contributed by atoms with Gasteiger partial charge in [0.2, 0.25) is 0 Å². The van der Waals surface area contributed by atoms with Gasteiger partial charge in [0.05, 0.1) is 6.61 Å². The molecule has 0 atom stereocenters. The van der Waals surface area contributed by atoms with E-state index < -0.39 is 12.8 Å². The van der Waals surface area contributed by atoms with Crippen LogP contribution in [0, 0.1) is 0 Å².